The van der Waals surface area contributed by atoms with Gasteiger partial charge in [-0.15, -0.1) is 0 Å². The van der Waals surface area contributed by atoms with Crippen LogP contribution in [0, 0.1) is 0 Å². The fourth-order valence-corrected chi connectivity index (χ4v) is 3.78. The van der Waals surface area contributed by atoms with E-state index in [0.29, 0.717) is 13.0 Å². The van der Waals surface area contributed by atoms with E-state index in [2.05, 4.69) is 23.5 Å². The highest BCUT2D eigenvalue weighted by Gasteiger charge is 2.26. The lowest BCUT2D eigenvalue weighted by Crippen LogP contribution is -2.44. The minimum Gasteiger partial charge on any atom is -0.458 e. The lowest BCUT2D eigenvalue weighted by molar-refractivity contribution is -0.157. The molecule has 0 unspecified atom stereocenters. The predicted molar refractivity (Wildman–Crippen MR) is 152 cm³/mol. The summed E-state index contributed by atoms with van der Waals surface area (Å²) in [6.07, 6.45) is 11.7. The van der Waals surface area contributed by atoms with E-state index in [1.807, 2.05) is 75.4 Å². The Labute approximate surface area is 228 Å². The Morgan fingerprint density at radius 1 is 0.789 bits per heavy atom. The Kier molecular flexibility index (Phi) is 14.9. The van der Waals surface area contributed by atoms with Crippen molar-refractivity contribution in [1.82, 2.24) is 5.32 Å². The Morgan fingerprint density at radius 3 is 2.00 bits per heavy atom. The first-order valence-electron chi connectivity index (χ1n) is 13.8. The van der Waals surface area contributed by atoms with Crippen molar-refractivity contribution in [2.24, 2.45) is 0 Å². The molecular formula is C32H45NO5. The molecule has 1 amide bonds. The molecule has 0 saturated heterocycles. The highest BCUT2D eigenvalue weighted by Crippen LogP contribution is 2.12. The fraction of sp³-hybridized carbons (Fsp3) is 0.500. The van der Waals surface area contributed by atoms with E-state index in [-0.39, 0.29) is 6.61 Å². The Bertz CT molecular complexity index is 937. The van der Waals surface area contributed by atoms with Crippen molar-refractivity contribution in [2.45, 2.75) is 97.0 Å². The van der Waals surface area contributed by atoms with Crippen molar-refractivity contribution in [3.05, 3.63) is 83.9 Å². The van der Waals surface area contributed by atoms with Crippen LogP contribution in [0.4, 0.5) is 4.79 Å². The number of esters is 1. The van der Waals surface area contributed by atoms with Gasteiger partial charge >= 0.3 is 12.1 Å². The zero-order chi connectivity index (χ0) is 27.5. The maximum Gasteiger partial charge on any atom is 0.408 e. The van der Waals surface area contributed by atoms with Gasteiger partial charge in [0.25, 0.3) is 0 Å². The highest BCUT2D eigenvalue weighted by molar-refractivity contribution is 5.81. The number of benzene rings is 2. The molecule has 6 nitrogen and oxygen atoms in total. The van der Waals surface area contributed by atoms with E-state index >= 15 is 0 Å². The van der Waals surface area contributed by atoms with Crippen LogP contribution in [0.1, 0.15) is 83.3 Å². The van der Waals surface area contributed by atoms with Gasteiger partial charge in [-0.2, -0.15) is 0 Å². The summed E-state index contributed by atoms with van der Waals surface area (Å²) in [4.78, 5) is 24.9. The van der Waals surface area contributed by atoms with E-state index in [1.54, 1.807) is 0 Å². The third kappa shape index (κ3) is 15.2. The molecule has 0 saturated carbocycles. The molecule has 0 spiro atoms. The monoisotopic (exact) mass is 523 g/mol. The summed E-state index contributed by atoms with van der Waals surface area (Å²) in [6.45, 7) is 7.07. The molecule has 0 aliphatic heterocycles. The molecule has 0 radical (unpaired) electrons. The number of allylic oxidation sites excluding steroid dienone is 1. The summed E-state index contributed by atoms with van der Waals surface area (Å²) < 4.78 is 16.5. The normalized spacial score (nSPS) is 12.3. The molecule has 6 heteroatoms. The summed E-state index contributed by atoms with van der Waals surface area (Å²) >= 11 is 0. The number of carbonyl (C=O) groups is 2. The third-order valence-corrected chi connectivity index (χ3v) is 5.76. The van der Waals surface area contributed by atoms with Gasteiger partial charge in [-0.3, -0.25) is 0 Å². The van der Waals surface area contributed by atoms with E-state index in [0.717, 1.165) is 31.4 Å². The van der Waals surface area contributed by atoms with Gasteiger partial charge in [0.05, 0.1) is 6.61 Å². The van der Waals surface area contributed by atoms with E-state index in [4.69, 9.17) is 14.2 Å². The van der Waals surface area contributed by atoms with E-state index < -0.39 is 23.7 Å². The number of rotatable bonds is 17. The average Bonchev–Trinajstić information content (AvgIpc) is 2.89. The van der Waals surface area contributed by atoms with E-state index in [9.17, 15) is 9.59 Å². The highest BCUT2D eigenvalue weighted by atomic mass is 16.6. The van der Waals surface area contributed by atoms with Gasteiger partial charge in [0.2, 0.25) is 0 Å². The van der Waals surface area contributed by atoms with Crippen LogP contribution in [-0.4, -0.2) is 30.3 Å². The Hall–Kier alpha value is -3.12. The molecule has 208 valence electrons. The molecule has 2 rings (SSSR count). The molecule has 2 aromatic carbocycles. The van der Waals surface area contributed by atoms with Gasteiger partial charge in [-0.25, -0.2) is 9.59 Å². The van der Waals surface area contributed by atoms with Crippen LogP contribution >= 0.6 is 0 Å². The van der Waals surface area contributed by atoms with Crippen molar-refractivity contribution >= 4 is 12.1 Å². The van der Waals surface area contributed by atoms with Crippen molar-refractivity contribution in [3.63, 3.8) is 0 Å². The molecule has 0 fully saturated rings. The predicted octanol–water partition coefficient (Wildman–Crippen LogP) is 7.52. The van der Waals surface area contributed by atoms with Crippen molar-refractivity contribution < 1.29 is 23.8 Å². The summed E-state index contributed by atoms with van der Waals surface area (Å²) in [6, 6.07) is 18.9. The molecule has 0 aromatic heterocycles. The van der Waals surface area contributed by atoms with Gasteiger partial charge in [0, 0.05) is 6.61 Å². The van der Waals surface area contributed by atoms with Crippen LogP contribution in [-0.2, 0) is 32.2 Å². The number of amides is 1. The molecule has 38 heavy (non-hydrogen) atoms. The first kappa shape index (κ1) is 31.1. The van der Waals surface area contributed by atoms with Crippen LogP contribution in [0.2, 0.25) is 0 Å². The van der Waals surface area contributed by atoms with Crippen molar-refractivity contribution in [1.29, 1.82) is 0 Å². The number of carbonyl (C=O) groups excluding carboxylic acids is 2. The lowest BCUT2D eigenvalue weighted by atomic mass is 10.1. The minimum atomic E-state index is -0.794. The summed E-state index contributed by atoms with van der Waals surface area (Å²) in [5, 5.41) is 2.66. The Balaban J connectivity index is 1.59. The molecule has 1 N–H and O–H groups in total. The second-order valence-corrected chi connectivity index (χ2v) is 10.4. The van der Waals surface area contributed by atoms with Crippen LogP contribution in [0.3, 0.4) is 0 Å². The maximum absolute atomic E-state index is 12.6. The zero-order valence-corrected chi connectivity index (χ0v) is 23.3. The van der Waals surface area contributed by atoms with Crippen LogP contribution in [0.15, 0.2) is 72.8 Å². The van der Waals surface area contributed by atoms with Crippen molar-refractivity contribution in [2.75, 3.05) is 6.61 Å². The molecule has 1 atom stereocenters. The molecule has 0 aliphatic rings. The summed E-state index contributed by atoms with van der Waals surface area (Å²) in [5.41, 5.74) is 1.47. The third-order valence-electron chi connectivity index (χ3n) is 5.76. The van der Waals surface area contributed by atoms with E-state index in [1.165, 1.54) is 31.2 Å². The number of nitrogens with one attached hydrogen (secondary N) is 1. The largest absolute Gasteiger partial charge is 0.458 e. The average molecular weight is 524 g/mol. The second-order valence-electron chi connectivity index (χ2n) is 10.4. The SMILES string of the molecule is CC(C)(C)OC(=O)[C@H](CC=CCCCCCCCCOCc1ccccc1)NC(=O)OCc1ccccc1. The number of alkyl carbamates (subject to hydrolysis) is 1. The number of hydrogen-bond acceptors (Lipinski definition) is 5. The van der Waals surface area contributed by atoms with Gasteiger partial charge in [-0.05, 0) is 57.6 Å². The molecule has 0 bridgehead atoms. The van der Waals surface area contributed by atoms with Crippen LogP contribution in [0.5, 0.6) is 0 Å². The first-order valence-corrected chi connectivity index (χ1v) is 13.8. The molecule has 0 heterocycles. The quantitative estimate of drug-likeness (QED) is 0.132. The molecule has 2 aromatic rings. The maximum atomic E-state index is 12.6. The van der Waals surface area contributed by atoms with Gasteiger partial charge in [-0.1, -0.05) is 98.5 Å². The van der Waals surface area contributed by atoms with Crippen LogP contribution < -0.4 is 5.32 Å². The molecule has 0 aliphatic carbocycles. The van der Waals surface area contributed by atoms with Gasteiger partial charge in [0.1, 0.15) is 18.2 Å². The van der Waals surface area contributed by atoms with Gasteiger partial charge in [0.15, 0.2) is 0 Å². The number of hydrogen-bond donors (Lipinski definition) is 1. The summed E-state index contributed by atoms with van der Waals surface area (Å²) in [7, 11) is 0. The first-order chi connectivity index (χ1) is 18.3. The number of ether oxygens (including phenoxy) is 3. The lowest BCUT2D eigenvalue weighted by Gasteiger charge is -2.24. The smallest absolute Gasteiger partial charge is 0.408 e. The summed E-state index contributed by atoms with van der Waals surface area (Å²) in [5.74, 6) is -0.466. The Morgan fingerprint density at radius 2 is 1.37 bits per heavy atom. The standard InChI is InChI=1S/C32H45NO5/c1-32(2,3)38-30(34)29(33-31(35)37-26-28-21-15-12-16-22-28)23-17-9-7-5-4-6-8-10-18-24-36-25-27-19-13-11-14-20-27/h9,11-17,19-22,29H,4-8,10,18,23-26H2,1-3H3,(H,33,35)/t29-/m0/s1. The topological polar surface area (TPSA) is 73.9 Å². The van der Waals surface area contributed by atoms with Crippen LogP contribution in [0.25, 0.3) is 0 Å². The second kappa shape index (κ2) is 18.2. The zero-order valence-electron chi connectivity index (χ0n) is 23.3. The molecular weight excluding hydrogens is 478 g/mol. The van der Waals surface area contributed by atoms with Crippen molar-refractivity contribution in [3.8, 4) is 0 Å². The minimum absolute atomic E-state index is 0.143. The fourth-order valence-electron chi connectivity index (χ4n) is 3.78. The number of unbranched alkanes of at least 4 members (excludes halogenated alkanes) is 6. The van der Waals surface area contributed by atoms with Gasteiger partial charge < -0.3 is 19.5 Å².